The van der Waals surface area contributed by atoms with E-state index in [1.165, 1.54) is 0 Å². The average Bonchev–Trinajstić information content (AvgIpc) is 2.39. The zero-order chi connectivity index (χ0) is 16.5. The number of pyridine rings is 1. The van der Waals surface area contributed by atoms with Gasteiger partial charge in [-0.15, -0.1) is 0 Å². The summed E-state index contributed by atoms with van der Waals surface area (Å²) in [6, 6.07) is 1.05. The van der Waals surface area contributed by atoms with Gasteiger partial charge in [-0.3, -0.25) is 0 Å². The van der Waals surface area contributed by atoms with Crippen LogP contribution in [0.25, 0.3) is 0 Å². The van der Waals surface area contributed by atoms with Crippen molar-refractivity contribution in [3.05, 3.63) is 23.5 Å². The van der Waals surface area contributed by atoms with E-state index in [0.29, 0.717) is 37.8 Å². The van der Waals surface area contributed by atoms with Crippen molar-refractivity contribution in [3.63, 3.8) is 0 Å². The number of nitrogens with one attached hydrogen (secondary N) is 1. The topological polar surface area (TPSA) is 50.9 Å². The van der Waals surface area contributed by atoms with Crippen molar-refractivity contribution >= 4 is 5.69 Å². The first-order valence-corrected chi connectivity index (χ1v) is 6.74. The Morgan fingerprint density at radius 1 is 0.909 bits per heavy atom. The molecule has 9 heteroatoms. The summed E-state index contributed by atoms with van der Waals surface area (Å²) >= 11 is 0. The van der Waals surface area contributed by atoms with Gasteiger partial charge in [0.15, 0.2) is 0 Å². The Morgan fingerprint density at radius 2 is 1.36 bits per heavy atom. The van der Waals surface area contributed by atoms with E-state index < -0.39 is 23.7 Å². The molecule has 0 spiro atoms. The molecule has 124 valence electrons. The molecular formula is C13H15F6N3. The van der Waals surface area contributed by atoms with Crippen molar-refractivity contribution in [2.24, 2.45) is 5.73 Å². The first-order valence-electron chi connectivity index (χ1n) is 6.74. The fourth-order valence-electron chi connectivity index (χ4n) is 2.40. The number of hydrogen-bond acceptors (Lipinski definition) is 3. The van der Waals surface area contributed by atoms with Crippen molar-refractivity contribution in [1.82, 2.24) is 4.98 Å². The van der Waals surface area contributed by atoms with Crippen molar-refractivity contribution in [3.8, 4) is 0 Å². The highest BCUT2D eigenvalue weighted by molar-refractivity contribution is 5.47. The van der Waals surface area contributed by atoms with E-state index in [4.69, 9.17) is 5.73 Å². The molecule has 2 rings (SSSR count). The molecule has 22 heavy (non-hydrogen) atoms. The fraction of sp³-hybridized carbons (Fsp3) is 0.615. The maximum atomic E-state index is 12.7. The zero-order valence-electron chi connectivity index (χ0n) is 11.4. The summed E-state index contributed by atoms with van der Waals surface area (Å²) in [7, 11) is 0. The number of halogens is 6. The van der Waals surface area contributed by atoms with Gasteiger partial charge in [0, 0.05) is 17.8 Å². The molecule has 1 aromatic rings. The van der Waals surface area contributed by atoms with Crippen LogP contribution in [0.3, 0.4) is 0 Å². The highest BCUT2D eigenvalue weighted by Crippen LogP contribution is 2.35. The molecule has 0 amide bonds. The van der Waals surface area contributed by atoms with Crippen LogP contribution in [0.5, 0.6) is 0 Å². The van der Waals surface area contributed by atoms with Gasteiger partial charge in [-0.2, -0.15) is 26.3 Å². The van der Waals surface area contributed by atoms with Gasteiger partial charge < -0.3 is 11.1 Å². The van der Waals surface area contributed by atoms with E-state index in [1.807, 2.05) is 0 Å². The van der Waals surface area contributed by atoms with Crippen LogP contribution in [-0.4, -0.2) is 17.1 Å². The average molecular weight is 327 g/mol. The van der Waals surface area contributed by atoms with Gasteiger partial charge in [0.2, 0.25) is 0 Å². The predicted octanol–water partition coefficient (Wildman–Crippen LogP) is 3.80. The molecule has 0 bridgehead atoms. The summed E-state index contributed by atoms with van der Waals surface area (Å²) in [6.07, 6.45) is -7.31. The van der Waals surface area contributed by atoms with Crippen molar-refractivity contribution < 1.29 is 26.3 Å². The zero-order valence-corrected chi connectivity index (χ0v) is 11.4. The predicted molar refractivity (Wildman–Crippen MR) is 68.1 cm³/mol. The van der Waals surface area contributed by atoms with Gasteiger partial charge in [-0.1, -0.05) is 0 Å². The summed E-state index contributed by atoms with van der Waals surface area (Å²) in [5.41, 5.74) is 2.37. The number of aromatic nitrogens is 1. The van der Waals surface area contributed by atoms with Crippen molar-refractivity contribution in [1.29, 1.82) is 0 Å². The summed E-state index contributed by atoms with van der Waals surface area (Å²) in [6.45, 7) is 0. The normalized spacial score (nSPS) is 23.4. The largest absolute Gasteiger partial charge is 0.433 e. The van der Waals surface area contributed by atoms with E-state index in [0.717, 1.165) is 0 Å². The molecule has 1 aliphatic carbocycles. The van der Waals surface area contributed by atoms with E-state index in [2.05, 4.69) is 10.3 Å². The number of nitrogens with zero attached hydrogens (tertiary/aromatic N) is 1. The van der Waals surface area contributed by atoms with Crippen LogP contribution in [0.1, 0.15) is 37.1 Å². The second-order valence-electron chi connectivity index (χ2n) is 5.38. The molecule has 0 aliphatic heterocycles. The van der Waals surface area contributed by atoms with E-state index in [1.54, 1.807) is 0 Å². The molecule has 1 fully saturated rings. The Morgan fingerprint density at radius 3 is 1.77 bits per heavy atom. The first kappa shape index (κ1) is 16.9. The van der Waals surface area contributed by atoms with E-state index >= 15 is 0 Å². The van der Waals surface area contributed by atoms with Crippen molar-refractivity contribution in [2.45, 2.75) is 50.1 Å². The quantitative estimate of drug-likeness (QED) is 0.813. The maximum Gasteiger partial charge on any atom is 0.433 e. The number of alkyl halides is 6. The molecule has 3 N–H and O–H groups in total. The Balaban J connectivity index is 2.26. The molecule has 1 saturated carbocycles. The first-order chi connectivity index (χ1) is 10.1. The molecule has 1 aliphatic rings. The maximum absolute atomic E-state index is 12.7. The molecule has 0 saturated heterocycles. The smallest absolute Gasteiger partial charge is 0.382 e. The van der Waals surface area contributed by atoms with Crippen LogP contribution < -0.4 is 11.1 Å². The Kier molecular flexibility index (Phi) is 4.55. The summed E-state index contributed by atoms with van der Waals surface area (Å²) in [4.78, 5) is 2.67. The molecule has 0 atom stereocenters. The second kappa shape index (κ2) is 5.94. The van der Waals surface area contributed by atoms with Gasteiger partial charge in [0.25, 0.3) is 0 Å². The number of hydrogen-bond donors (Lipinski definition) is 2. The Hall–Kier alpha value is -1.51. The minimum atomic E-state index is -4.94. The van der Waals surface area contributed by atoms with Gasteiger partial charge in [-0.05, 0) is 37.8 Å². The van der Waals surface area contributed by atoms with Crippen molar-refractivity contribution in [2.75, 3.05) is 5.32 Å². The third-order valence-electron chi connectivity index (χ3n) is 3.55. The molecule has 1 heterocycles. The standard InChI is InChI=1S/C13H15F6N3/c14-12(15,16)10-5-9(6-11(22-10)13(17,18)19)21-8-3-1-7(20)2-4-8/h5-8H,1-4,20H2,(H,21,22)/t7-,8+. The van der Waals surface area contributed by atoms with Crippen LogP contribution in [0.4, 0.5) is 32.0 Å². The summed E-state index contributed by atoms with van der Waals surface area (Å²) < 4.78 is 76.2. The number of nitrogens with two attached hydrogens (primary N) is 1. The SMILES string of the molecule is N[C@H]1CC[C@@H](Nc2cc(C(F)(F)F)nc(C(F)(F)F)c2)CC1. The van der Waals surface area contributed by atoms with Crippen LogP contribution in [0.2, 0.25) is 0 Å². The lowest BCUT2D eigenvalue weighted by Gasteiger charge is -2.28. The van der Waals surface area contributed by atoms with Crippen LogP contribution in [-0.2, 0) is 12.4 Å². The fourth-order valence-corrected chi connectivity index (χ4v) is 2.40. The van der Waals surface area contributed by atoms with Crippen LogP contribution in [0, 0.1) is 0 Å². The highest BCUT2D eigenvalue weighted by Gasteiger charge is 2.39. The lowest BCUT2D eigenvalue weighted by molar-refractivity contribution is -0.150. The third kappa shape index (κ3) is 4.25. The molecule has 0 aromatic carbocycles. The van der Waals surface area contributed by atoms with E-state index in [9.17, 15) is 26.3 Å². The minimum Gasteiger partial charge on any atom is -0.382 e. The lowest BCUT2D eigenvalue weighted by atomic mass is 9.91. The van der Waals surface area contributed by atoms with Crippen LogP contribution in [0.15, 0.2) is 12.1 Å². The molecule has 3 nitrogen and oxygen atoms in total. The third-order valence-corrected chi connectivity index (χ3v) is 3.55. The molecular weight excluding hydrogens is 312 g/mol. The Bertz CT molecular complexity index is 485. The van der Waals surface area contributed by atoms with E-state index in [-0.39, 0.29) is 17.8 Å². The van der Waals surface area contributed by atoms with Gasteiger partial charge in [-0.25, -0.2) is 4.98 Å². The van der Waals surface area contributed by atoms with Crippen LogP contribution >= 0.6 is 0 Å². The lowest BCUT2D eigenvalue weighted by Crippen LogP contribution is -2.33. The molecule has 0 radical (unpaired) electrons. The summed E-state index contributed by atoms with van der Waals surface area (Å²) in [5.74, 6) is 0. The number of anilines is 1. The molecule has 0 unspecified atom stereocenters. The monoisotopic (exact) mass is 327 g/mol. The van der Waals surface area contributed by atoms with Gasteiger partial charge >= 0.3 is 12.4 Å². The van der Waals surface area contributed by atoms with Gasteiger partial charge in [0.1, 0.15) is 11.4 Å². The second-order valence-corrected chi connectivity index (χ2v) is 5.38. The number of rotatable bonds is 2. The summed E-state index contributed by atoms with van der Waals surface area (Å²) in [5, 5.41) is 2.73. The highest BCUT2D eigenvalue weighted by atomic mass is 19.4. The minimum absolute atomic E-state index is 0.0342. The molecule has 1 aromatic heterocycles. The van der Waals surface area contributed by atoms with Gasteiger partial charge in [0.05, 0.1) is 0 Å². The Labute approximate surface area is 122 Å².